The molecule has 14 heavy (non-hydrogen) atoms. The first-order chi connectivity index (χ1) is 6.63. The number of hydrogen-bond donors (Lipinski definition) is 4. The van der Waals surface area contributed by atoms with Gasteiger partial charge < -0.3 is 0 Å². The molecule has 0 aromatic heterocycles. The van der Waals surface area contributed by atoms with Crippen molar-refractivity contribution in [1.82, 2.24) is 0 Å². The van der Waals surface area contributed by atoms with E-state index < -0.39 is 0 Å². The van der Waals surface area contributed by atoms with Crippen LogP contribution in [-0.4, -0.2) is 0 Å². The highest BCUT2D eigenvalue weighted by Gasteiger charge is 2.15. The van der Waals surface area contributed by atoms with E-state index in [-0.39, 0.29) is 21.4 Å². The van der Waals surface area contributed by atoms with Crippen molar-refractivity contribution >= 4 is 21.5 Å². The second-order valence-electron chi connectivity index (χ2n) is 3.41. The van der Waals surface area contributed by atoms with Crippen LogP contribution in [0.4, 0.5) is 0 Å². The number of fused-ring (bicyclic) bond motifs is 3. The van der Waals surface area contributed by atoms with Crippen LogP contribution < -0.4 is 21.4 Å². The zero-order valence-electron chi connectivity index (χ0n) is 7.15. The first-order valence-corrected chi connectivity index (χ1v) is 4.16. The van der Waals surface area contributed by atoms with E-state index in [1.807, 2.05) is 0 Å². The number of nitrogens with one attached hydrogen (secondary N) is 4. The van der Waals surface area contributed by atoms with E-state index in [0.29, 0.717) is 10.8 Å². The lowest BCUT2D eigenvalue weighted by Crippen LogP contribution is -2.38. The Bertz CT molecular complexity index is 764. The minimum Gasteiger partial charge on any atom is -0.298 e. The van der Waals surface area contributed by atoms with Gasteiger partial charge in [-0.3, -0.25) is 21.6 Å². The first-order valence-electron chi connectivity index (χ1n) is 4.16. The van der Waals surface area contributed by atoms with Gasteiger partial charge in [-0.25, -0.2) is 0 Å². The second-order valence-corrected chi connectivity index (χ2v) is 3.41. The molecule has 0 unspecified atom stereocenters. The Labute approximate surface area is 77.5 Å². The van der Waals surface area contributed by atoms with Gasteiger partial charge in [-0.15, -0.1) is 0 Å². The standard InChI is InChI=1S/C10H6N4/c11-7-3-1-2-4-6(5(3)9(7)13)10(14)8(4)12/h1-2,11-14H. The maximum Gasteiger partial charge on any atom is 0.0881 e. The van der Waals surface area contributed by atoms with Crippen LogP contribution in [0.15, 0.2) is 12.1 Å². The summed E-state index contributed by atoms with van der Waals surface area (Å²) in [6.45, 7) is 0. The van der Waals surface area contributed by atoms with Crippen LogP contribution in [0, 0.1) is 21.6 Å². The van der Waals surface area contributed by atoms with E-state index >= 15 is 0 Å². The fraction of sp³-hybridized carbons (Fsp3) is 0. The quantitative estimate of drug-likeness (QED) is 0.366. The monoisotopic (exact) mass is 182 g/mol. The summed E-state index contributed by atoms with van der Waals surface area (Å²) in [5, 5.41) is 33.8. The van der Waals surface area contributed by atoms with Gasteiger partial charge in [-0.05, 0) is 0 Å². The lowest BCUT2D eigenvalue weighted by molar-refractivity contribution is 1.13. The van der Waals surface area contributed by atoms with Crippen molar-refractivity contribution in [3.63, 3.8) is 0 Å². The summed E-state index contributed by atoms with van der Waals surface area (Å²) in [7, 11) is 0. The van der Waals surface area contributed by atoms with Gasteiger partial charge in [0, 0.05) is 21.5 Å². The minimum atomic E-state index is 0.203. The molecule has 0 radical (unpaired) electrons. The highest BCUT2D eigenvalue weighted by Crippen LogP contribution is 2.16. The van der Waals surface area contributed by atoms with Crippen LogP contribution in [-0.2, 0) is 0 Å². The molecule has 0 amide bonds. The predicted molar refractivity (Wildman–Crippen MR) is 49.6 cm³/mol. The van der Waals surface area contributed by atoms with Gasteiger partial charge in [0.15, 0.2) is 0 Å². The van der Waals surface area contributed by atoms with Crippen LogP contribution in [0.2, 0.25) is 0 Å². The molecule has 3 rings (SSSR count). The largest absolute Gasteiger partial charge is 0.298 e. The number of hydrogen-bond acceptors (Lipinski definition) is 4. The smallest absolute Gasteiger partial charge is 0.0881 e. The topological polar surface area (TPSA) is 95.4 Å². The highest BCUT2D eigenvalue weighted by atomic mass is 14.5. The van der Waals surface area contributed by atoms with Crippen molar-refractivity contribution in [3.05, 3.63) is 33.6 Å². The normalized spacial score (nSPS) is 12.0. The maximum absolute atomic E-state index is 7.55. The van der Waals surface area contributed by atoms with Crippen molar-refractivity contribution in [1.29, 1.82) is 21.6 Å². The summed E-state index contributed by atoms with van der Waals surface area (Å²) in [6.07, 6.45) is 0. The summed E-state index contributed by atoms with van der Waals surface area (Å²) < 4.78 is 0. The van der Waals surface area contributed by atoms with E-state index in [9.17, 15) is 0 Å². The lowest BCUT2D eigenvalue weighted by Gasteiger charge is -2.10. The molecule has 66 valence electrons. The molecule has 0 heterocycles. The molecule has 0 fully saturated rings. The Morgan fingerprint density at radius 2 is 0.929 bits per heavy atom. The number of rotatable bonds is 0. The van der Waals surface area contributed by atoms with E-state index in [1.54, 1.807) is 12.1 Å². The van der Waals surface area contributed by atoms with Crippen molar-refractivity contribution in [2.45, 2.75) is 0 Å². The average Bonchev–Trinajstić information content (AvgIpc) is 2.24. The van der Waals surface area contributed by atoms with Gasteiger partial charge in [0.05, 0.1) is 21.4 Å². The third-order valence-electron chi connectivity index (χ3n) is 2.74. The van der Waals surface area contributed by atoms with Crippen LogP contribution in [0.5, 0.6) is 0 Å². The molecule has 0 saturated carbocycles. The zero-order chi connectivity index (χ0) is 10.0. The van der Waals surface area contributed by atoms with Crippen LogP contribution in [0.1, 0.15) is 0 Å². The maximum atomic E-state index is 7.55. The molecule has 0 atom stereocenters. The molecule has 0 aliphatic rings. The van der Waals surface area contributed by atoms with Crippen molar-refractivity contribution in [2.24, 2.45) is 0 Å². The van der Waals surface area contributed by atoms with E-state index in [4.69, 9.17) is 21.6 Å². The molecule has 0 spiro atoms. The third-order valence-corrected chi connectivity index (χ3v) is 2.74. The summed E-state index contributed by atoms with van der Waals surface area (Å²) in [5.41, 5.74) is 0. The summed E-state index contributed by atoms with van der Waals surface area (Å²) >= 11 is 0. The molecule has 0 saturated heterocycles. The Kier molecular flexibility index (Phi) is 0.978. The first kappa shape index (κ1) is 7.32. The molecule has 3 aromatic rings. The molecule has 0 bridgehead atoms. The van der Waals surface area contributed by atoms with Crippen LogP contribution in [0.25, 0.3) is 21.5 Å². The fourth-order valence-electron chi connectivity index (χ4n) is 1.93. The van der Waals surface area contributed by atoms with Crippen molar-refractivity contribution in [2.75, 3.05) is 0 Å². The Morgan fingerprint density at radius 1 is 0.571 bits per heavy atom. The highest BCUT2D eigenvalue weighted by molar-refractivity contribution is 6.11. The summed E-state index contributed by atoms with van der Waals surface area (Å²) in [4.78, 5) is 0. The third kappa shape index (κ3) is 0.518. The predicted octanol–water partition coefficient (Wildman–Crippen LogP) is -0.338. The average molecular weight is 182 g/mol. The fourth-order valence-corrected chi connectivity index (χ4v) is 1.93. The molecule has 0 aliphatic heterocycles. The Hall–Kier alpha value is -2.10. The molecule has 4 heteroatoms. The minimum absolute atomic E-state index is 0.203. The van der Waals surface area contributed by atoms with Gasteiger partial charge in [-0.1, -0.05) is 12.1 Å². The molecular weight excluding hydrogens is 176 g/mol. The molecule has 4 N–H and O–H groups in total. The summed E-state index contributed by atoms with van der Waals surface area (Å²) in [5.74, 6) is 0. The van der Waals surface area contributed by atoms with Gasteiger partial charge in [-0.2, -0.15) is 0 Å². The van der Waals surface area contributed by atoms with Gasteiger partial charge >= 0.3 is 0 Å². The van der Waals surface area contributed by atoms with E-state index in [1.165, 1.54) is 0 Å². The van der Waals surface area contributed by atoms with Gasteiger partial charge in [0.1, 0.15) is 0 Å². The number of benzene rings is 1. The van der Waals surface area contributed by atoms with Crippen LogP contribution >= 0.6 is 0 Å². The molecule has 3 aromatic carbocycles. The Balaban J connectivity index is 2.80. The lowest BCUT2D eigenvalue weighted by atomic mass is 9.93. The Morgan fingerprint density at radius 3 is 1.29 bits per heavy atom. The summed E-state index contributed by atoms with van der Waals surface area (Å²) in [6, 6.07) is 3.52. The van der Waals surface area contributed by atoms with Gasteiger partial charge in [0.2, 0.25) is 0 Å². The molecule has 0 aliphatic carbocycles. The van der Waals surface area contributed by atoms with Crippen molar-refractivity contribution in [3.8, 4) is 0 Å². The van der Waals surface area contributed by atoms with Crippen molar-refractivity contribution < 1.29 is 0 Å². The molecule has 4 nitrogen and oxygen atoms in total. The zero-order valence-corrected chi connectivity index (χ0v) is 7.15. The van der Waals surface area contributed by atoms with Gasteiger partial charge in [0.25, 0.3) is 0 Å². The second kappa shape index (κ2) is 1.87. The van der Waals surface area contributed by atoms with E-state index in [2.05, 4.69) is 0 Å². The van der Waals surface area contributed by atoms with Crippen LogP contribution in [0.3, 0.4) is 0 Å². The van der Waals surface area contributed by atoms with E-state index in [0.717, 1.165) is 10.8 Å². The SMILES string of the molecule is N=c1c(=N)c2c1ccc1c(=N)c(=N)c12. The molecular formula is C10H6N4.